The first-order valence-corrected chi connectivity index (χ1v) is 11.8. The third kappa shape index (κ3) is 4.34. The summed E-state index contributed by atoms with van der Waals surface area (Å²) in [5.74, 6) is 0.752. The van der Waals surface area contributed by atoms with Gasteiger partial charge in [0.05, 0.1) is 5.39 Å². The molecule has 0 aliphatic carbocycles. The molecule has 0 aliphatic rings. The zero-order valence-electron chi connectivity index (χ0n) is 18.7. The monoisotopic (exact) mass is 431 g/mol. The van der Waals surface area contributed by atoms with E-state index in [1.54, 1.807) is 11.3 Å². The zero-order valence-corrected chi connectivity index (χ0v) is 19.5. The van der Waals surface area contributed by atoms with Gasteiger partial charge < -0.3 is 4.90 Å². The number of nitrogens with zero attached hydrogens (tertiary/aromatic N) is 3. The van der Waals surface area contributed by atoms with Gasteiger partial charge in [-0.25, -0.2) is 4.98 Å². The van der Waals surface area contributed by atoms with Crippen molar-refractivity contribution >= 4 is 21.6 Å². The molecule has 0 N–H and O–H groups in total. The maximum atomic E-state index is 13.8. The molecule has 0 amide bonds. The smallest absolute Gasteiger partial charge is 0.263 e. The van der Waals surface area contributed by atoms with E-state index < -0.39 is 0 Å². The van der Waals surface area contributed by atoms with Gasteiger partial charge in [-0.15, -0.1) is 11.3 Å². The summed E-state index contributed by atoms with van der Waals surface area (Å²) < 4.78 is 1.87. The van der Waals surface area contributed by atoms with E-state index in [4.69, 9.17) is 4.98 Å². The summed E-state index contributed by atoms with van der Waals surface area (Å²) in [5.41, 5.74) is 5.47. The number of hydrogen-bond acceptors (Lipinski definition) is 4. The highest BCUT2D eigenvalue weighted by molar-refractivity contribution is 7.17. The van der Waals surface area contributed by atoms with Crippen LogP contribution in [-0.2, 0) is 6.54 Å². The van der Waals surface area contributed by atoms with Crippen LogP contribution in [-0.4, -0.2) is 34.1 Å². The molecule has 160 valence electrons. The molecule has 0 saturated carbocycles. The average molecular weight is 432 g/mol. The molecule has 2 aromatic heterocycles. The molecular weight excluding hydrogens is 402 g/mol. The van der Waals surface area contributed by atoms with Crippen LogP contribution < -0.4 is 5.56 Å². The summed E-state index contributed by atoms with van der Waals surface area (Å²) in [6.45, 7) is 11.8. The second-order valence-corrected chi connectivity index (χ2v) is 8.84. The zero-order chi connectivity index (χ0) is 22.0. The van der Waals surface area contributed by atoms with E-state index in [2.05, 4.69) is 86.5 Å². The maximum Gasteiger partial charge on any atom is 0.263 e. The van der Waals surface area contributed by atoms with Crippen molar-refractivity contribution < 1.29 is 0 Å². The highest BCUT2D eigenvalue weighted by atomic mass is 32.1. The van der Waals surface area contributed by atoms with Gasteiger partial charge in [0.2, 0.25) is 0 Å². The molecule has 0 saturated heterocycles. The molecule has 0 bridgehead atoms. The molecule has 2 heterocycles. The first kappa shape index (κ1) is 21.5. The second-order valence-electron chi connectivity index (χ2n) is 7.98. The minimum absolute atomic E-state index is 0.0459. The van der Waals surface area contributed by atoms with Gasteiger partial charge in [-0.1, -0.05) is 73.5 Å². The standard InChI is InChI=1S/C26H29N3OS/c1-5-28(6-2)15-16-29-24(21-13-9-19(4)10-14-21)27-25-23(26(29)30)22(17-31-25)20-11-7-18(3)8-12-20/h7-14,17H,5-6,15-16H2,1-4H3. The highest BCUT2D eigenvalue weighted by Crippen LogP contribution is 2.32. The SMILES string of the molecule is CCN(CC)CCn1c(-c2ccc(C)cc2)nc2scc(-c3ccc(C)cc3)c2c1=O. The quantitative estimate of drug-likeness (QED) is 0.374. The highest BCUT2D eigenvalue weighted by Gasteiger charge is 2.18. The minimum Gasteiger partial charge on any atom is -0.302 e. The Morgan fingerprint density at radius 2 is 1.48 bits per heavy atom. The van der Waals surface area contributed by atoms with Crippen LogP contribution in [0.5, 0.6) is 0 Å². The molecule has 4 aromatic rings. The van der Waals surface area contributed by atoms with Crippen molar-refractivity contribution in [1.82, 2.24) is 14.5 Å². The van der Waals surface area contributed by atoms with Gasteiger partial charge in [0.1, 0.15) is 10.7 Å². The van der Waals surface area contributed by atoms with Crippen molar-refractivity contribution in [2.75, 3.05) is 19.6 Å². The van der Waals surface area contributed by atoms with Crippen LogP contribution in [0.2, 0.25) is 0 Å². The molecule has 0 unspecified atom stereocenters. The number of benzene rings is 2. The minimum atomic E-state index is 0.0459. The third-order valence-electron chi connectivity index (χ3n) is 5.90. The number of thiophene rings is 1. The number of aromatic nitrogens is 2. The second kappa shape index (κ2) is 9.16. The molecule has 0 atom stereocenters. The summed E-state index contributed by atoms with van der Waals surface area (Å²) in [4.78, 5) is 21.9. The van der Waals surface area contributed by atoms with E-state index in [0.29, 0.717) is 6.54 Å². The average Bonchev–Trinajstić information content (AvgIpc) is 3.21. The molecule has 4 rings (SSSR count). The Morgan fingerprint density at radius 1 is 0.903 bits per heavy atom. The van der Waals surface area contributed by atoms with Crippen molar-refractivity contribution in [1.29, 1.82) is 0 Å². The van der Waals surface area contributed by atoms with Crippen molar-refractivity contribution in [2.24, 2.45) is 0 Å². The lowest BCUT2D eigenvalue weighted by Crippen LogP contribution is -2.32. The molecule has 0 spiro atoms. The summed E-state index contributed by atoms with van der Waals surface area (Å²) >= 11 is 1.55. The van der Waals surface area contributed by atoms with Gasteiger partial charge in [0, 0.05) is 29.6 Å². The van der Waals surface area contributed by atoms with E-state index in [0.717, 1.165) is 52.4 Å². The number of aryl methyl sites for hydroxylation is 2. The lowest BCUT2D eigenvalue weighted by molar-refractivity contribution is 0.289. The Bertz CT molecular complexity index is 1230. The lowest BCUT2D eigenvalue weighted by atomic mass is 10.0. The topological polar surface area (TPSA) is 38.1 Å². The van der Waals surface area contributed by atoms with E-state index in [1.807, 2.05) is 4.57 Å². The van der Waals surface area contributed by atoms with Crippen LogP contribution in [0.1, 0.15) is 25.0 Å². The molecule has 0 fully saturated rings. The Morgan fingerprint density at radius 3 is 2.06 bits per heavy atom. The fourth-order valence-electron chi connectivity index (χ4n) is 3.88. The third-order valence-corrected chi connectivity index (χ3v) is 6.77. The lowest BCUT2D eigenvalue weighted by Gasteiger charge is -2.20. The summed E-state index contributed by atoms with van der Waals surface area (Å²) in [6.07, 6.45) is 0. The molecule has 2 aromatic carbocycles. The van der Waals surface area contributed by atoms with Crippen LogP contribution in [0.3, 0.4) is 0 Å². The summed E-state index contributed by atoms with van der Waals surface area (Å²) in [7, 11) is 0. The van der Waals surface area contributed by atoms with Crippen LogP contribution in [0.25, 0.3) is 32.7 Å². The van der Waals surface area contributed by atoms with Gasteiger partial charge in [0.25, 0.3) is 5.56 Å². The van der Waals surface area contributed by atoms with Gasteiger partial charge in [-0.3, -0.25) is 9.36 Å². The number of likely N-dealkylation sites (N-methyl/N-ethyl adjacent to an activating group) is 1. The maximum absolute atomic E-state index is 13.8. The Labute approximate surface area is 187 Å². The Balaban J connectivity index is 1.90. The number of rotatable bonds is 7. The van der Waals surface area contributed by atoms with Gasteiger partial charge >= 0.3 is 0 Å². The molecule has 0 aliphatic heterocycles. The summed E-state index contributed by atoms with van der Waals surface area (Å²) in [6, 6.07) is 16.6. The van der Waals surface area contributed by atoms with Crippen LogP contribution in [0.15, 0.2) is 58.7 Å². The first-order valence-electron chi connectivity index (χ1n) is 10.9. The van der Waals surface area contributed by atoms with Crippen molar-refractivity contribution in [3.8, 4) is 22.5 Å². The first-order chi connectivity index (χ1) is 15.0. The van der Waals surface area contributed by atoms with E-state index in [-0.39, 0.29) is 5.56 Å². The molecule has 4 nitrogen and oxygen atoms in total. The number of hydrogen-bond donors (Lipinski definition) is 0. The fraction of sp³-hybridized carbons (Fsp3) is 0.308. The van der Waals surface area contributed by atoms with Crippen molar-refractivity contribution in [3.05, 3.63) is 75.4 Å². The molecular formula is C26H29N3OS. The van der Waals surface area contributed by atoms with Crippen molar-refractivity contribution in [3.63, 3.8) is 0 Å². The Hall–Kier alpha value is -2.76. The van der Waals surface area contributed by atoms with Gasteiger partial charge in [-0.05, 0) is 32.5 Å². The van der Waals surface area contributed by atoms with Gasteiger partial charge in [0.15, 0.2) is 0 Å². The van der Waals surface area contributed by atoms with E-state index in [1.165, 1.54) is 11.1 Å². The van der Waals surface area contributed by atoms with Crippen LogP contribution >= 0.6 is 11.3 Å². The van der Waals surface area contributed by atoms with E-state index in [9.17, 15) is 4.79 Å². The Kier molecular flexibility index (Phi) is 6.35. The fourth-order valence-corrected chi connectivity index (χ4v) is 4.82. The predicted molar refractivity (Wildman–Crippen MR) is 132 cm³/mol. The predicted octanol–water partition coefficient (Wildman–Crippen LogP) is 5.75. The van der Waals surface area contributed by atoms with Gasteiger partial charge in [-0.2, -0.15) is 0 Å². The largest absolute Gasteiger partial charge is 0.302 e. The number of fused-ring (bicyclic) bond motifs is 1. The van der Waals surface area contributed by atoms with Crippen molar-refractivity contribution in [2.45, 2.75) is 34.2 Å². The van der Waals surface area contributed by atoms with E-state index >= 15 is 0 Å². The normalized spacial score (nSPS) is 11.5. The van der Waals surface area contributed by atoms with Crippen LogP contribution in [0, 0.1) is 13.8 Å². The summed E-state index contributed by atoms with van der Waals surface area (Å²) in [5, 5.41) is 2.79. The molecule has 0 radical (unpaired) electrons. The molecule has 5 heteroatoms. The molecule has 31 heavy (non-hydrogen) atoms. The van der Waals surface area contributed by atoms with Crippen LogP contribution in [0.4, 0.5) is 0 Å².